The third-order valence-corrected chi connectivity index (χ3v) is 3.54. The first-order valence-electron chi connectivity index (χ1n) is 6.04. The van der Waals surface area contributed by atoms with Crippen molar-refractivity contribution in [3.63, 3.8) is 0 Å². The lowest BCUT2D eigenvalue weighted by atomic mass is 9.99. The molecule has 0 aliphatic rings. The number of ether oxygens (including phenoxy) is 1. The van der Waals surface area contributed by atoms with Crippen LogP contribution in [0.3, 0.4) is 0 Å². The first-order chi connectivity index (χ1) is 9.51. The number of hydrogen-bond acceptors (Lipinski definition) is 2. The molecule has 0 saturated heterocycles. The second-order valence-corrected chi connectivity index (χ2v) is 5.36. The van der Waals surface area contributed by atoms with E-state index in [9.17, 15) is 8.78 Å². The minimum atomic E-state index is -0.487. The van der Waals surface area contributed by atoms with E-state index in [-0.39, 0.29) is 18.0 Å². The van der Waals surface area contributed by atoms with Crippen LogP contribution in [0.5, 0.6) is 5.75 Å². The fourth-order valence-electron chi connectivity index (χ4n) is 1.97. The van der Waals surface area contributed by atoms with Gasteiger partial charge in [-0.15, -0.1) is 0 Å². The first kappa shape index (κ1) is 14.9. The summed E-state index contributed by atoms with van der Waals surface area (Å²) in [6.45, 7) is 0. The van der Waals surface area contributed by atoms with Crippen molar-refractivity contribution in [2.45, 2.75) is 12.5 Å². The lowest BCUT2D eigenvalue weighted by Crippen LogP contribution is -2.14. The van der Waals surface area contributed by atoms with Gasteiger partial charge in [0, 0.05) is 10.5 Å². The fourth-order valence-corrected chi connectivity index (χ4v) is 2.38. The van der Waals surface area contributed by atoms with Crippen LogP contribution >= 0.6 is 15.9 Å². The quantitative estimate of drug-likeness (QED) is 0.912. The minimum Gasteiger partial charge on any atom is -0.494 e. The van der Waals surface area contributed by atoms with Gasteiger partial charge in [0.25, 0.3) is 0 Å². The number of methoxy groups -OCH3 is 1. The molecule has 106 valence electrons. The molecule has 0 fully saturated rings. The zero-order chi connectivity index (χ0) is 14.7. The summed E-state index contributed by atoms with van der Waals surface area (Å²) in [7, 11) is 1.40. The summed E-state index contributed by atoms with van der Waals surface area (Å²) in [5.74, 6) is -0.637. The van der Waals surface area contributed by atoms with E-state index in [4.69, 9.17) is 10.5 Å². The molecule has 0 spiro atoms. The van der Waals surface area contributed by atoms with Crippen molar-refractivity contribution in [1.82, 2.24) is 0 Å². The highest BCUT2D eigenvalue weighted by Crippen LogP contribution is 2.25. The summed E-state index contributed by atoms with van der Waals surface area (Å²) in [6, 6.07) is 8.70. The van der Waals surface area contributed by atoms with E-state index in [0.717, 1.165) is 4.47 Å². The molecule has 20 heavy (non-hydrogen) atoms. The summed E-state index contributed by atoms with van der Waals surface area (Å²) < 4.78 is 32.9. The van der Waals surface area contributed by atoms with Gasteiger partial charge < -0.3 is 10.5 Å². The van der Waals surface area contributed by atoms with Gasteiger partial charge in [-0.05, 0) is 47.9 Å². The van der Waals surface area contributed by atoms with Gasteiger partial charge in [-0.2, -0.15) is 0 Å². The third kappa shape index (κ3) is 3.35. The summed E-state index contributed by atoms with van der Waals surface area (Å²) in [5, 5.41) is 0. The van der Waals surface area contributed by atoms with Gasteiger partial charge >= 0.3 is 0 Å². The Hall–Kier alpha value is -1.46. The lowest BCUT2D eigenvalue weighted by Gasteiger charge is -2.14. The molecular weight excluding hydrogens is 328 g/mol. The largest absolute Gasteiger partial charge is 0.494 e. The predicted molar refractivity (Wildman–Crippen MR) is 77.7 cm³/mol. The standard InChI is InChI=1S/C15H14BrF2NO/c1-20-15-5-2-9(7-13(15)18)14(19)8-10-6-11(16)3-4-12(10)17/h2-7,14H,8,19H2,1H3. The van der Waals surface area contributed by atoms with E-state index in [1.807, 2.05) is 0 Å². The van der Waals surface area contributed by atoms with Gasteiger partial charge in [-0.25, -0.2) is 8.78 Å². The molecule has 2 rings (SSSR count). The van der Waals surface area contributed by atoms with E-state index in [0.29, 0.717) is 11.1 Å². The molecular formula is C15H14BrF2NO. The maximum atomic E-state index is 13.7. The van der Waals surface area contributed by atoms with E-state index < -0.39 is 11.9 Å². The molecule has 0 aromatic heterocycles. The van der Waals surface area contributed by atoms with Gasteiger partial charge in [-0.1, -0.05) is 22.0 Å². The third-order valence-electron chi connectivity index (χ3n) is 3.05. The molecule has 2 nitrogen and oxygen atoms in total. The Morgan fingerprint density at radius 2 is 1.90 bits per heavy atom. The summed E-state index contributed by atoms with van der Waals surface area (Å²) >= 11 is 3.29. The van der Waals surface area contributed by atoms with Crippen molar-refractivity contribution in [3.8, 4) is 5.75 Å². The molecule has 0 heterocycles. The highest BCUT2D eigenvalue weighted by molar-refractivity contribution is 9.10. The Bertz CT molecular complexity index is 619. The molecule has 0 amide bonds. The zero-order valence-electron chi connectivity index (χ0n) is 10.9. The van der Waals surface area contributed by atoms with Crippen LogP contribution in [-0.2, 0) is 6.42 Å². The van der Waals surface area contributed by atoms with Crippen LogP contribution in [0.4, 0.5) is 8.78 Å². The predicted octanol–water partition coefficient (Wildman–Crippen LogP) is 3.98. The monoisotopic (exact) mass is 341 g/mol. The maximum absolute atomic E-state index is 13.7. The molecule has 0 radical (unpaired) electrons. The van der Waals surface area contributed by atoms with Crippen LogP contribution in [-0.4, -0.2) is 7.11 Å². The molecule has 0 aliphatic heterocycles. The van der Waals surface area contributed by atoms with E-state index in [1.165, 1.54) is 25.3 Å². The molecule has 1 atom stereocenters. The summed E-state index contributed by atoms with van der Waals surface area (Å²) in [6.07, 6.45) is 0.289. The van der Waals surface area contributed by atoms with Crippen molar-refractivity contribution >= 4 is 15.9 Å². The molecule has 0 bridgehead atoms. The number of rotatable bonds is 4. The number of halogens is 3. The van der Waals surface area contributed by atoms with Crippen LogP contribution in [0.2, 0.25) is 0 Å². The van der Waals surface area contributed by atoms with Gasteiger partial charge in [0.1, 0.15) is 5.82 Å². The SMILES string of the molecule is COc1ccc(C(N)Cc2cc(Br)ccc2F)cc1F. The van der Waals surface area contributed by atoms with Crippen molar-refractivity contribution in [3.05, 3.63) is 63.6 Å². The average Bonchev–Trinajstić information content (AvgIpc) is 2.42. The highest BCUT2D eigenvalue weighted by Gasteiger charge is 2.13. The number of hydrogen-bond donors (Lipinski definition) is 1. The molecule has 0 aliphatic carbocycles. The smallest absolute Gasteiger partial charge is 0.165 e. The maximum Gasteiger partial charge on any atom is 0.165 e. The topological polar surface area (TPSA) is 35.2 Å². The Morgan fingerprint density at radius 3 is 2.55 bits per heavy atom. The van der Waals surface area contributed by atoms with Gasteiger partial charge in [0.2, 0.25) is 0 Å². The normalized spacial score (nSPS) is 12.2. The van der Waals surface area contributed by atoms with Crippen molar-refractivity contribution in [2.75, 3.05) is 7.11 Å². The summed E-state index contributed by atoms with van der Waals surface area (Å²) in [5.41, 5.74) is 7.11. The average molecular weight is 342 g/mol. The van der Waals surface area contributed by atoms with Gasteiger partial charge in [0.15, 0.2) is 11.6 Å². The van der Waals surface area contributed by atoms with Gasteiger partial charge in [0.05, 0.1) is 7.11 Å². The molecule has 1 unspecified atom stereocenters. The first-order valence-corrected chi connectivity index (χ1v) is 6.83. The Labute approximate surface area is 124 Å². The number of benzene rings is 2. The van der Waals surface area contributed by atoms with Gasteiger partial charge in [-0.3, -0.25) is 0 Å². The number of nitrogens with two attached hydrogens (primary N) is 1. The van der Waals surface area contributed by atoms with Crippen molar-refractivity contribution < 1.29 is 13.5 Å². The fraction of sp³-hybridized carbons (Fsp3) is 0.200. The Balaban J connectivity index is 2.21. The van der Waals surface area contributed by atoms with Crippen molar-refractivity contribution in [1.29, 1.82) is 0 Å². The molecule has 2 aromatic rings. The van der Waals surface area contributed by atoms with E-state index in [1.54, 1.807) is 18.2 Å². The van der Waals surface area contributed by atoms with Crippen LogP contribution in [0.25, 0.3) is 0 Å². The second kappa shape index (κ2) is 6.33. The summed E-state index contributed by atoms with van der Waals surface area (Å²) in [4.78, 5) is 0. The second-order valence-electron chi connectivity index (χ2n) is 4.44. The van der Waals surface area contributed by atoms with E-state index >= 15 is 0 Å². The van der Waals surface area contributed by atoms with Crippen LogP contribution < -0.4 is 10.5 Å². The minimum absolute atomic E-state index is 0.162. The van der Waals surface area contributed by atoms with E-state index in [2.05, 4.69) is 15.9 Å². The molecule has 2 N–H and O–H groups in total. The molecule has 2 aromatic carbocycles. The lowest BCUT2D eigenvalue weighted by molar-refractivity contribution is 0.386. The molecule has 5 heteroatoms. The Morgan fingerprint density at radius 1 is 1.15 bits per heavy atom. The van der Waals surface area contributed by atoms with Crippen LogP contribution in [0, 0.1) is 11.6 Å². The van der Waals surface area contributed by atoms with Crippen LogP contribution in [0.15, 0.2) is 40.9 Å². The highest BCUT2D eigenvalue weighted by atomic mass is 79.9. The Kier molecular flexibility index (Phi) is 4.73. The molecule has 0 saturated carbocycles. The van der Waals surface area contributed by atoms with Crippen LogP contribution in [0.1, 0.15) is 17.2 Å². The van der Waals surface area contributed by atoms with Crippen molar-refractivity contribution in [2.24, 2.45) is 5.73 Å². The zero-order valence-corrected chi connectivity index (χ0v) is 12.5.